The molecule has 0 aliphatic heterocycles. The summed E-state index contributed by atoms with van der Waals surface area (Å²) >= 11 is 0. The summed E-state index contributed by atoms with van der Waals surface area (Å²) in [7, 11) is -3.67. The molecule has 0 heterocycles. The number of hydrogen-bond acceptors (Lipinski definition) is 3. The fourth-order valence-electron chi connectivity index (χ4n) is 2.14. The van der Waals surface area contributed by atoms with E-state index in [1.54, 1.807) is 0 Å². The molecule has 1 N–H and O–H groups in total. The van der Waals surface area contributed by atoms with E-state index in [-0.39, 0.29) is 16.9 Å². The second-order valence-electron chi connectivity index (χ2n) is 4.35. The summed E-state index contributed by atoms with van der Waals surface area (Å²) in [5.41, 5.74) is 0. The van der Waals surface area contributed by atoms with Crippen molar-refractivity contribution in [3.63, 3.8) is 0 Å². The Morgan fingerprint density at radius 3 is 2.56 bits per heavy atom. The van der Waals surface area contributed by atoms with E-state index in [2.05, 4.69) is 10.8 Å². The van der Waals surface area contributed by atoms with E-state index in [4.69, 9.17) is 5.26 Å². The zero-order chi connectivity index (χ0) is 13.2. The van der Waals surface area contributed by atoms with E-state index in [1.165, 1.54) is 12.1 Å². The molecule has 0 bridgehead atoms. The molecule has 1 aliphatic carbocycles. The van der Waals surface area contributed by atoms with Crippen LogP contribution in [0.4, 0.5) is 4.39 Å². The lowest BCUT2D eigenvalue weighted by atomic mass is 10.1. The number of halogens is 1. The van der Waals surface area contributed by atoms with E-state index in [0.717, 1.165) is 18.6 Å². The predicted molar refractivity (Wildman–Crippen MR) is 63.5 cm³/mol. The van der Waals surface area contributed by atoms with Crippen molar-refractivity contribution in [3.8, 4) is 6.07 Å². The number of benzene rings is 1. The summed E-state index contributed by atoms with van der Waals surface area (Å²) in [6, 6.07) is 6.40. The monoisotopic (exact) mass is 268 g/mol. The molecule has 1 aromatic rings. The van der Waals surface area contributed by atoms with Gasteiger partial charge in [0.25, 0.3) is 0 Å². The van der Waals surface area contributed by atoms with Crippen LogP contribution in [0.25, 0.3) is 0 Å². The van der Waals surface area contributed by atoms with Crippen molar-refractivity contribution >= 4 is 10.0 Å². The maximum Gasteiger partial charge on any atom is 0.240 e. The van der Waals surface area contributed by atoms with Gasteiger partial charge in [-0.2, -0.15) is 5.26 Å². The van der Waals surface area contributed by atoms with Crippen LogP contribution in [0.1, 0.15) is 19.3 Å². The fourth-order valence-corrected chi connectivity index (χ4v) is 3.45. The molecule has 0 amide bonds. The van der Waals surface area contributed by atoms with Crippen LogP contribution in [0.3, 0.4) is 0 Å². The second-order valence-corrected chi connectivity index (χ2v) is 6.06. The van der Waals surface area contributed by atoms with E-state index in [0.29, 0.717) is 12.8 Å². The summed E-state index contributed by atoms with van der Waals surface area (Å²) in [5.74, 6) is -0.759. The Bertz CT molecular complexity index is 563. The highest BCUT2D eigenvalue weighted by molar-refractivity contribution is 7.89. The van der Waals surface area contributed by atoms with Gasteiger partial charge >= 0.3 is 0 Å². The van der Waals surface area contributed by atoms with Gasteiger partial charge in [-0.05, 0) is 37.1 Å². The molecule has 2 unspecified atom stereocenters. The lowest BCUT2D eigenvalue weighted by Gasteiger charge is -2.15. The van der Waals surface area contributed by atoms with Crippen LogP contribution in [-0.4, -0.2) is 14.5 Å². The van der Waals surface area contributed by atoms with Crippen LogP contribution in [0.5, 0.6) is 0 Å². The van der Waals surface area contributed by atoms with E-state index >= 15 is 0 Å². The van der Waals surface area contributed by atoms with Crippen molar-refractivity contribution in [2.24, 2.45) is 5.92 Å². The molecule has 6 heteroatoms. The van der Waals surface area contributed by atoms with Crippen molar-refractivity contribution < 1.29 is 12.8 Å². The Balaban J connectivity index is 2.17. The fraction of sp³-hybridized carbons (Fsp3) is 0.417. The highest BCUT2D eigenvalue weighted by Crippen LogP contribution is 2.26. The molecule has 1 saturated carbocycles. The summed E-state index contributed by atoms with van der Waals surface area (Å²) in [4.78, 5) is 0.0208. The lowest BCUT2D eigenvalue weighted by Crippen LogP contribution is -2.36. The van der Waals surface area contributed by atoms with Crippen LogP contribution < -0.4 is 4.72 Å². The topological polar surface area (TPSA) is 70.0 Å². The summed E-state index contributed by atoms with van der Waals surface area (Å²) in [5, 5.41) is 8.91. The number of nitrogens with one attached hydrogen (secondary N) is 1. The molecular weight excluding hydrogens is 255 g/mol. The van der Waals surface area contributed by atoms with Crippen molar-refractivity contribution in [2.75, 3.05) is 0 Å². The van der Waals surface area contributed by atoms with Crippen LogP contribution >= 0.6 is 0 Å². The predicted octanol–water partition coefficient (Wildman–Crippen LogP) is 1.80. The average molecular weight is 268 g/mol. The van der Waals surface area contributed by atoms with Gasteiger partial charge in [-0.3, -0.25) is 0 Å². The van der Waals surface area contributed by atoms with E-state index in [9.17, 15) is 12.8 Å². The molecule has 1 aliphatic rings. The number of rotatable bonds is 3. The lowest BCUT2D eigenvalue weighted by molar-refractivity contribution is 0.515. The Labute approximate surface area is 105 Å². The van der Waals surface area contributed by atoms with Crippen molar-refractivity contribution in [3.05, 3.63) is 30.1 Å². The Hall–Kier alpha value is -1.45. The van der Waals surface area contributed by atoms with Crippen LogP contribution in [0.15, 0.2) is 29.2 Å². The molecular formula is C12H13FN2O2S. The quantitative estimate of drug-likeness (QED) is 0.908. The van der Waals surface area contributed by atoms with Gasteiger partial charge in [0, 0.05) is 6.04 Å². The molecule has 0 aromatic heterocycles. The molecule has 18 heavy (non-hydrogen) atoms. The zero-order valence-electron chi connectivity index (χ0n) is 9.64. The van der Waals surface area contributed by atoms with Crippen LogP contribution in [-0.2, 0) is 10.0 Å². The molecule has 0 saturated heterocycles. The summed E-state index contributed by atoms with van der Waals surface area (Å²) in [6.07, 6.45) is 2.22. The van der Waals surface area contributed by atoms with Gasteiger partial charge in [0.15, 0.2) is 0 Å². The Kier molecular flexibility index (Phi) is 3.64. The van der Waals surface area contributed by atoms with Gasteiger partial charge in [-0.15, -0.1) is 0 Å². The minimum Gasteiger partial charge on any atom is -0.207 e. The Morgan fingerprint density at radius 1 is 1.28 bits per heavy atom. The Morgan fingerprint density at radius 2 is 1.94 bits per heavy atom. The third kappa shape index (κ3) is 2.68. The average Bonchev–Trinajstić information content (AvgIpc) is 2.76. The number of hydrogen-bond donors (Lipinski definition) is 1. The summed E-state index contributed by atoms with van der Waals surface area (Å²) < 4.78 is 39.3. The van der Waals surface area contributed by atoms with Crippen LogP contribution in [0, 0.1) is 23.1 Å². The summed E-state index contributed by atoms with van der Waals surface area (Å²) in [6.45, 7) is 0. The van der Waals surface area contributed by atoms with Crippen molar-refractivity contribution in [1.82, 2.24) is 4.72 Å². The SMILES string of the molecule is N#CC1CCCC1NS(=O)(=O)c1ccc(F)cc1. The molecule has 2 atom stereocenters. The number of nitriles is 1. The first-order valence-electron chi connectivity index (χ1n) is 5.70. The van der Waals surface area contributed by atoms with Crippen LogP contribution in [0.2, 0.25) is 0 Å². The van der Waals surface area contributed by atoms with Gasteiger partial charge in [0.05, 0.1) is 16.9 Å². The van der Waals surface area contributed by atoms with E-state index < -0.39 is 15.8 Å². The second kappa shape index (κ2) is 5.04. The van der Waals surface area contributed by atoms with E-state index in [1.807, 2.05) is 0 Å². The maximum absolute atomic E-state index is 12.7. The molecule has 96 valence electrons. The molecule has 1 aromatic carbocycles. The van der Waals surface area contributed by atoms with Crippen molar-refractivity contribution in [1.29, 1.82) is 5.26 Å². The van der Waals surface area contributed by atoms with Gasteiger partial charge in [0.1, 0.15) is 5.82 Å². The smallest absolute Gasteiger partial charge is 0.207 e. The third-order valence-electron chi connectivity index (χ3n) is 3.11. The first-order chi connectivity index (χ1) is 8.53. The van der Waals surface area contributed by atoms with Crippen molar-refractivity contribution in [2.45, 2.75) is 30.2 Å². The minimum atomic E-state index is -3.67. The van der Waals surface area contributed by atoms with Gasteiger partial charge in [-0.1, -0.05) is 6.42 Å². The largest absolute Gasteiger partial charge is 0.240 e. The molecule has 0 spiro atoms. The van der Waals surface area contributed by atoms with Gasteiger partial charge < -0.3 is 0 Å². The normalized spacial score (nSPS) is 23.8. The highest BCUT2D eigenvalue weighted by atomic mass is 32.2. The molecule has 1 fully saturated rings. The minimum absolute atomic E-state index is 0.0208. The standard InChI is InChI=1S/C12H13FN2O2S/c13-10-4-6-11(7-5-10)18(16,17)15-12-3-1-2-9(12)8-14/h4-7,9,12,15H,1-3H2. The van der Waals surface area contributed by atoms with Gasteiger partial charge in [0.2, 0.25) is 10.0 Å². The first kappa shape index (κ1) is 13.0. The maximum atomic E-state index is 12.7. The molecule has 0 radical (unpaired) electrons. The number of nitrogens with zero attached hydrogens (tertiary/aromatic N) is 1. The molecule has 4 nitrogen and oxygen atoms in total. The number of sulfonamides is 1. The highest BCUT2D eigenvalue weighted by Gasteiger charge is 2.31. The zero-order valence-corrected chi connectivity index (χ0v) is 10.5. The van der Waals surface area contributed by atoms with Gasteiger partial charge in [-0.25, -0.2) is 17.5 Å². The first-order valence-corrected chi connectivity index (χ1v) is 7.19. The third-order valence-corrected chi connectivity index (χ3v) is 4.62. The molecule has 2 rings (SSSR count).